The van der Waals surface area contributed by atoms with E-state index in [4.69, 9.17) is 9.52 Å². The highest BCUT2D eigenvalue weighted by Crippen LogP contribution is 2.39. The van der Waals surface area contributed by atoms with Crippen LogP contribution < -0.4 is 4.74 Å². The van der Waals surface area contributed by atoms with Gasteiger partial charge in [-0.05, 0) is 12.8 Å². The number of carbonyl (C=O) groups is 1. The van der Waals surface area contributed by atoms with E-state index in [9.17, 15) is 4.79 Å². The molecule has 0 amide bonds. The average Bonchev–Trinajstić information content (AvgIpc) is 2.73. The van der Waals surface area contributed by atoms with Gasteiger partial charge in [0, 0.05) is 5.92 Å². The van der Waals surface area contributed by atoms with Gasteiger partial charge in [0.25, 0.3) is 5.88 Å². The van der Waals surface area contributed by atoms with Crippen molar-refractivity contribution in [1.29, 1.82) is 0 Å². The molecule has 1 aromatic rings. The second-order valence-corrected chi connectivity index (χ2v) is 2.67. The zero-order valence-electron chi connectivity index (χ0n) is 6.19. The molecule has 12 heavy (non-hydrogen) atoms. The number of rotatable bonds is 2. The number of nitrogens with zero attached hydrogens (tertiary/aromatic N) is 1. The number of ether oxygens (including phenoxy) is 1. The van der Waals surface area contributed by atoms with Crippen molar-refractivity contribution in [2.75, 3.05) is 0 Å². The lowest BCUT2D eigenvalue weighted by Gasteiger charge is -1.88. The Balaban J connectivity index is 2.07. The fraction of sp³-hybridized carbons (Fsp3) is 0.429. The Kier molecular flexibility index (Phi) is 1.49. The molecule has 1 aliphatic carbocycles. The predicted molar refractivity (Wildman–Crippen MR) is 37.1 cm³/mol. The fourth-order valence-corrected chi connectivity index (χ4v) is 0.926. The van der Waals surface area contributed by atoms with Crippen LogP contribution >= 0.6 is 0 Å². The molecule has 0 aliphatic heterocycles. The molecule has 5 nitrogen and oxygen atoms in total. The van der Waals surface area contributed by atoms with E-state index in [1.807, 2.05) is 0 Å². The Morgan fingerprint density at radius 3 is 3.08 bits per heavy atom. The van der Waals surface area contributed by atoms with Crippen molar-refractivity contribution in [1.82, 2.24) is 4.98 Å². The number of oxazole rings is 1. The van der Waals surface area contributed by atoms with E-state index in [1.54, 1.807) is 0 Å². The maximum atomic E-state index is 10.1. The van der Waals surface area contributed by atoms with E-state index < -0.39 is 6.16 Å². The molecular formula is C7H7NO4. The molecule has 5 heteroatoms. The van der Waals surface area contributed by atoms with Gasteiger partial charge in [0.2, 0.25) is 5.89 Å². The van der Waals surface area contributed by atoms with E-state index in [0.29, 0.717) is 11.8 Å². The lowest BCUT2D eigenvalue weighted by atomic mass is 10.4. The molecule has 0 unspecified atom stereocenters. The second-order valence-electron chi connectivity index (χ2n) is 2.67. The highest BCUT2D eigenvalue weighted by atomic mass is 16.7. The molecule has 0 bridgehead atoms. The van der Waals surface area contributed by atoms with Gasteiger partial charge >= 0.3 is 6.16 Å². The Morgan fingerprint density at radius 2 is 2.50 bits per heavy atom. The molecule has 1 aliphatic rings. The number of aromatic nitrogens is 1. The van der Waals surface area contributed by atoms with Crippen LogP contribution in [0.5, 0.6) is 5.88 Å². The van der Waals surface area contributed by atoms with Crippen LogP contribution in [0.4, 0.5) is 4.79 Å². The third-order valence-electron chi connectivity index (χ3n) is 1.62. The van der Waals surface area contributed by atoms with Crippen molar-refractivity contribution in [3.63, 3.8) is 0 Å². The minimum atomic E-state index is -1.37. The third kappa shape index (κ3) is 1.39. The average molecular weight is 169 g/mol. The zero-order valence-corrected chi connectivity index (χ0v) is 6.19. The first-order valence-corrected chi connectivity index (χ1v) is 3.62. The standard InChI is InChI=1S/C7H7NO4/c9-7(10)12-5-3-11-6(8-5)4-1-2-4/h3-4H,1-2H2,(H,9,10). The van der Waals surface area contributed by atoms with Crippen LogP contribution in [-0.2, 0) is 0 Å². The second kappa shape index (κ2) is 2.51. The van der Waals surface area contributed by atoms with Crippen LogP contribution in [0.25, 0.3) is 0 Å². The van der Waals surface area contributed by atoms with Crippen molar-refractivity contribution in [3.05, 3.63) is 12.2 Å². The molecule has 64 valence electrons. The smallest absolute Gasteiger partial charge is 0.449 e. The van der Waals surface area contributed by atoms with Crippen molar-refractivity contribution in [2.24, 2.45) is 0 Å². The molecule has 0 saturated heterocycles. The van der Waals surface area contributed by atoms with Crippen LogP contribution in [-0.4, -0.2) is 16.2 Å². The Bertz CT molecular complexity index is 302. The van der Waals surface area contributed by atoms with Gasteiger partial charge in [0.1, 0.15) is 0 Å². The molecule has 0 atom stereocenters. The molecule has 0 radical (unpaired) electrons. The monoisotopic (exact) mass is 169 g/mol. The molecule has 1 N–H and O–H groups in total. The van der Waals surface area contributed by atoms with E-state index in [1.165, 1.54) is 6.26 Å². The first-order chi connectivity index (χ1) is 5.75. The van der Waals surface area contributed by atoms with Crippen LogP contribution in [0.3, 0.4) is 0 Å². The molecule has 1 saturated carbocycles. The zero-order chi connectivity index (χ0) is 8.55. The topological polar surface area (TPSA) is 72.6 Å². The summed E-state index contributed by atoms with van der Waals surface area (Å²) >= 11 is 0. The first-order valence-electron chi connectivity index (χ1n) is 3.62. The highest BCUT2D eigenvalue weighted by Gasteiger charge is 2.29. The molecule has 0 aromatic carbocycles. The number of hydrogen-bond donors (Lipinski definition) is 1. The molecule has 1 heterocycles. The SMILES string of the molecule is O=C(O)Oc1coc(C2CC2)n1. The van der Waals surface area contributed by atoms with Crippen molar-refractivity contribution in [2.45, 2.75) is 18.8 Å². The number of hydrogen-bond acceptors (Lipinski definition) is 4. The minimum absolute atomic E-state index is 0.0180. The summed E-state index contributed by atoms with van der Waals surface area (Å²) in [6.45, 7) is 0. The largest absolute Gasteiger partial charge is 0.512 e. The molecule has 1 aromatic heterocycles. The van der Waals surface area contributed by atoms with E-state index in [-0.39, 0.29) is 5.88 Å². The van der Waals surface area contributed by atoms with Crippen LogP contribution in [0.1, 0.15) is 24.7 Å². The summed E-state index contributed by atoms with van der Waals surface area (Å²) in [5.74, 6) is 0.965. The van der Waals surface area contributed by atoms with Gasteiger partial charge in [-0.2, -0.15) is 4.98 Å². The van der Waals surface area contributed by atoms with Gasteiger partial charge in [-0.25, -0.2) is 4.79 Å². The normalized spacial score (nSPS) is 16.0. The Morgan fingerprint density at radius 1 is 1.75 bits per heavy atom. The van der Waals surface area contributed by atoms with Crippen LogP contribution in [0, 0.1) is 0 Å². The first kappa shape index (κ1) is 7.15. The summed E-state index contributed by atoms with van der Waals surface area (Å²) in [6, 6.07) is 0. The van der Waals surface area contributed by atoms with Crippen LogP contribution in [0.2, 0.25) is 0 Å². The van der Waals surface area contributed by atoms with Gasteiger partial charge < -0.3 is 14.3 Å². The minimum Gasteiger partial charge on any atom is -0.449 e. The maximum absolute atomic E-state index is 10.1. The predicted octanol–water partition coefficient (Wildman–Crippen LogP) is 1.61. The van der Waals surface area contributed by atoms with Gasteiger partial charge in [-0.15, -0.1) is 0 Å². The van der Waals surface area contributed by atoms with Crippen molar-refractivity contribution >= 4 is 6.16 Å². The summed E-state index contributed by atoms with van der Waals surface area (Å²) in [5, 5.41) is 8.23. The van der Waals surface area contributed by atoms with Gasteiger partial charge in [-0.1, -0.05) is 0 Å². The van der Waals surface area contributed by atoms with E-state index in [0.717, 1.165) is 12.8 Å². The quantitative estimate of drug-likeness (QED) is 0.681. The van der Waals surface area contributed by atoms with Gasteiger partial charge in [0.05, 0.1) is 0 Å². The molecule has 2 rings (SSSR count). The maximum Gasteiger partial charge on any atom is 0.512 e. The van der Waals surface area contributed by atoms with Gasteiger partial charge in [0.15, 0.2) is 6.26 Å². The molecule has 0 spiro atoms. The summed E-state index contributed by atoms with van der Waals surface area (Å²) in [4.78, 5) is 13.9. The van der Waals surface area contributed by atoms with Gasteiger partial charge in [-0.3, -0.25) is 0 Å². The highest BCUT2D eigenvalue weighted by molar-refractivity contribution is 5.60. The van der Waals surface area contributed by atoms with E-state index in [2.05, 4.69) is 9.72 Å². The summed E-state index contributed by atoms with van der Waals surface area (Å²) in [6.07, 6.45) is 1.97. The summed E-state index contributed by atoms with van der Waals surface area (Å²) in [5.41, 5.74) is 0. The lowest BCUT2D eigenvalue weighted by molar-refractivity contribution is 0.142. The summed E-state index contributed by atoms with van der Waals surface area (Å²) < 4.78 is 9.27. The summed E-state index contributed by atoms with van der Waals surface area (Å²) in [7, 11) is 0. The molecular weight excluding hydrogens is 162 g/mol. The van der Waals surface area contributed by atoms with E-state index >= 15 is 0 Å². The van der Waals surface area contributed by atoms with Crippen LogP contribution in [0.15, 0.2) is 10.7 Å². The number of carboxylic acid groups (broad SMARTS) is 1. The Hall–Kier alpha value is -1.52. The third-order valence-corrected chi connectivity index (χ3v) is 1.62. The lowest BCUT2D eigenvalue weighted by Crippen LogP contribution is -2.02. The van der Waals surface area contributed by atoms with Crippen molar-refractivity contribution < 1.29 is 19.1 Å². The Labute approximate surface area is 68.0 Å². The van der Waals surface area contributed by atoms with Crippen molar-refractivity contribution in [3.8, 4) is 5.88 Å². The fourth-order valence-electron chi connectivity index (χ4n) is 0.926. The molecule has 1 fully saturated rings.